The second kappa shape index (κ2) is 6.47. The van der Waals surface area contributed by atoms with E-state index < -0.39 is 0 Å². The number of aromatic nitrogens is 4. The van der Waals surface area contributed by atoms with Crippen LogP contribution in [0, 0.1) is 6.92 Å². The van der Waals surface area contributed by atoms with Gasteiger partial charge in [-0.05, 0) is 31.9 Å². The molecular weight excluding hydrogens is 314 g/mol. The number of amides is 1. The quantitative estimate of drug-likeness (QED) is 0.799. The van der Waals surface area contributed by atoms with Gasteiger partial charge in [-0.2, -0.15) is 0 Å². The second-order valence-electron chi connectivity index (χ2n) is 6.26. The summed E-state index contributed by atoms with van der Waals surface area (Å²) in [6.45, 7) is 2.70. The van der Waals surface area contributed by atoms with Crippen LogP contribution in [-0.4, -0.2) is 37.3 Å². The van der Waals surface area contributed by atoms with Gasteiger partial charge in [0.25, 0.3) is 5.91 Å². The molecule has 1 aliphatic heterocycles. The number of carbonyl (C=O) groups is 1. The number of hydrogen-bond acceptors (Lipinski definition) is 4. The van der Waals surface area contributed by atoms with Crippen LogP contribution in [-0.2, 0) is 0 Å². The van der Waals surface area contributed by atoms with Gasteiger partial charge in [0.15, 0.2) is 5.82 Å². The molecule has 1 atom stereocenters. The van der Waals surface area contributed by atoms with Crippen molar-refractivity contribution in [2.24, 2.45) is 0 Å². The zero-order valence-electron chi connectivity index (χ0n) is 14.0. The van der Waals surface area contributed by atoms with E-state index >= 15 is 0 Å². The van der Waals surface area contributed by atoms with Crippen molar-refractivity contribution in [1.82, 2.24) is 24.8 Å². The molecule has 4 rings (SSSR count). The van der Waals surface area contributed by atoms with E-state index in [9.17, 15) is 4.79 Å². The smallest absolute Gasteiger partial charge is 0.254 e. The van der Waals surface area contributed by atoms with E-state index in [1.165, 1.54) is 0 Å². The zero-order chi connectivity index (χ0) is 17.2. The standard InChI is InChI=1S/C19H19N5O/c1-13-10-22-18(23-13)16-12-20-15(11-21-16)17-8-5-9-24(17)19(25)14-6-3-2-4-7-14/h2-4,6-7,10-12,17H,5,8-9H2,1H3,(H,22,23)/t17-/m1/s1. The minimum Gasteiger partial charge on any atom is -0.341 e. The number of carbonyl (C=O) groups excluding carboxylic acids is 1. The molecule has 126 valence electrons. The summed E-state index contributed by atoms with van der Waals surface area (Å²) in [5.74, 6) is 0.760. The molecule has 0 radical (unpaired) electrons. The molecule has 3 aromatic rings. The van der Waals surface area contributed by atoms with Gasteiger partial charge >= 0.3 is 0 Å². The number of benzene rings is 1. The minimum absolute atomic E-state index is 0.0207. The molecule has 0 saturated carbocycles. The lowest BCUT2D eigenvalue weighted by Crippen LogP contribution is -2.31. The Morgan fingerprint density at radius 2 is 1.96 bits per heavy atom. The summed E-state index contributed by atoms with van der Waals surface area (Å²) in [5, 5.41) is 0. The van der Waals surface area contributed by atoms with Crippen molar-refractivity contribution in [2.45, 2.75) is 25.8 Å². The highest BCUT2D eigenvalue weighted by molar-refractivity contribution is 5.94. The summed E-state index contributed by atoms with van der Waals surface area (Å²) in [4.78, 5) is 31.1. The predicted molar refractivity (Wildman–Crippen MR) is 93.8 cm³/mol. The van der Waals surface area contributed by atoms with Crippen molar-refractivity contribution in [2.75, 3.05) is 6.54 Å². The average Bonchev–Trinajstić information content (AvgIpc) is 3.31. The number of aromatic amines is 1. The number of nitrogens with zero attached hydrogens (tertiary/aromatic N) is 4. The summed E-state index contributed by atoms with van der Waals surface area (Å²) < 4.78 is 0. The summed E-state index contributed by atoms with van der Waals surface area (Å²) >= 11 is 0. The Morgan fingerprint density at radius 3 is 2.64 bits per heavy atom. The third-order valence-corrected chi connectivity index (χ3v) is 4.49. The van der Waals surface area contributed by atoms with Crippen molar-refractivity contribution in [3.63, 3.8) is 0 Å². The zero-order valence-corrected chi connectivity index (χ0v) is 14.0. The maximum absolute atomic E-state index is 12.8. The Labute approximate surface area is 146 Å². The van der Waals surface area contributed by atoms with E-state index in [-0.39, 0.29) is 11.9 Å². The predicted octanol–water partition coefficient (Wildman–Crippen LogP) is 3.15. The molecule has 0 aliphatic carbocycles. The maximum Gasteiger partial charge on any atom is 0.254 e. The van der Waals surface area contributed by atoms with Gasteiger partial charge in [0.2, 0.25) is 0 Å². The molecule has 2 aromatic heterocycles. The van der Waals surface area contributed by atoms with E-state index in [0.717, 1.165) is 30.8 Å². The Kier molecular flexibility index (Phi) is 4.01. The lowest BCUT2D eigenvalue weighted by molar-refractivity contribution is 0.0732. The first-order valence-electron chi connectivity index (χ1n) is 8.42. The normalized spacial score (nSPS) is 17.0. The topological polar surface area (TPSA) is 74.8 Å². The molecule has 1 aliphatic rings. The third-order valence-electron chi connectivity index (χ3n) is 4.49. The van der Waals surface area contributed by atoms with Crippen molar-refractivity contribution in [3.8, 4) is 11.5 Å². The Morgan fingerprint density at radius 1 is 1.12 bits per heavy atom. The summed E-state index contributed by atoms with van der Waals surface area (Å²) in [5.41, 5.74) is 3.23. The highest BCUT2D eigenvalue weighted by Crippen LogP contribution is 2.32. The van der Waals surface area contributed by atoms with Gasteiger partial charge in [0, 0.05) is 24.0 Å². The van der Waals surface area contributed by atoms with Crippen molar-refractivity contribution in [3.05, 3.63) is 65.9 Å². The third kappa shape index (κ3) is 3.03. The van der Waals surface area contributed by atoms with Gasteiger partial charge in [0.1, 0.15) is 5.69 Å². The summed E-state index contributed by atoms with van der Waals surface area (Å²) in [6, 6.07) is 9.37. The van der Waals surface area contributed by atoms with Crippen LogP contribution < -0.4 is 0 Å². The molecule has 1 amide bonds. The minimum atomic E-state index is -0.0207. The molecule has 6 nitrogen and oxygen atoms in total. The lowest BCUT2D eigenvalue weighted by atomic mass is 10.1. The van der Waals surface area contributed by atoms with Crippen LogP contribution in [0.1, 0.15) is 40.6 Å². The van der Waals surface area contributed by atoms with Crippen LogP contribution in [0.2, 0.25) is 0 Å². The molecule has 3 heterocycles. The molecule has 1 saturated heterocycles. The second-order valence-corrected chi connectivity index (χ2v) is 6.26. The van der Waals surface area contributed by atoms with E-state index in [1.807, 2.05) is 42.2 Å². The summed E-state index contributed by atoms with van der Waals surface area (Å²) in [7, 11) is 0. The monoisotopic (exact) mass is 333 g/mol. The van der Waals surface area contributed by atoms with Crippen LogP contribution in [0.5, 0.6) is 0 Å². The van der Waals surface area contributed by atoms with Gasteiger partial charge in [-0.1, -0.05) is 18.2 Å². The van der Waals surface area contributed by atoms with Gasteiger partial charge in [-0.25, -0.2) is 9.97 Å². The number of likely N-dealkylation sites (tertiary alicyclic amines) is 1. The number of nitrogens with one attached hydrogen (secondary N) is 1. The van der Waals surface area contributed by atoms with E-state index in [2.05, 4.69) is 19.9 Å². The van der Waals surface area contributed by atoms with Gasteiger partial charge in [-0.15, -0.1) is 0 Å². The maximum atomic E-state index is 12.8. The van der Waals surface area contributed by atoms with Gasteiger partial charge in [-0.3, -0.25) is 9.78 Å². The fourth-order valence-electron chi connectivity index (χ4n) is 3.24. The number of hydrogen-bond donors (Lipinski definition) is 1. The lowest BCUT2D eigenvalue weighted by Gasteiger charge is -2.24. The Hall–Kier alpha value is -3.02. The number of H-pyrrole nitrogens is 1. The van der Waals surface area contributed by atoms with Crippen LogP contribution >= 0.6 is 0 Å². The highest BCUT2D eigenvalue weighted by Gasteiger charge is 2.31. The first kappa shape index (κ1) is 15.5. The molecule has 0 bridgehead atoms. The Balaban J connectivity index is 1.57. The number of rotatable bonds is 3. The molecule has 0 spiro atoms. The fourth-order valence-corrected chi connectivity index (χ4v) is 3.24. The highest BCUT2D eigenvalue weighted by atomic mass is 16.2. The average molecular weight is 333 g/mol. The van der Waals surface area contributed by atoms with Crippen molar-refractivity contribution >= 4 is 5.91 Å². The molecule has 1 N–H and O–H groups in total. The van der Waals surface area contributed by atoms with Crippen LogP contribution in [0.4, 0.5) is 0 Å². The largest absolute Gasteiger partial charge is 0.341 e. The molecule has 0 unspecified atom stereocenters. The molecule has 25 heavy (non-hydrogen) atoms. The van der Waals surface area contributed by atoms with Crippen LogP contribution in [0.25, 0.3) is 11.5 Å². The fraction of sp³-hybridized carbons (Fsp3) is 0.263. The Bertz CT molecular complexity index is 872. The van der Waals surface area contributed by atoms with Crippen LogP contribution in [0.3, 0.4) is 0 Å². The molecule has 6 heteroatoms. The van der Waals surface area contributed by atoms with Crippen molar-refractivity contribution < 1.29 is 4.79 Å². The number of imidazole rings is 1. The SMILES string of the molecule is Cc1cnc(-c2cnc([C@H]3CCCN3C(=O)c3ccccc3)cn2)[nH]1. The number of aryl methyl sites for hydroxylation is 1. The first-order valence-corrected chi connectivity index (χ1v) is 8.42. The van der Waals surface area contributed by atoms with Gasteiger partial charge in [0.05, 0.1) is 24.1 Å². The first-order chi connectivity index (χ1) is 12.2. The molecular formula is C19H19N5O. The van der Waals surface area contributed by atoms with E-state index in [1.54, 1.807) is 18.6 Å². The molecule has 1 fully saturated rings. The van der Waals surface area contributed by atoms with Gasteiger partial charge < -0.3 is 9.88 Å². The van der Waals surface area contributed by atoms with E-state index in [0.29, 0.717) is 17.1 Å². The summed E-state index contributed by atoms with van der Waals surface area (Å²) in [6.07, 6.45) is 7.13. The van der Waals surface area contributed by atoms with Crippen molar-refractivity contribution in [1.29, 1.82) is 0 Å². The van der Waals surface area contributed by atoms with Crippen LogP contribution in [0.15, 0.2) is 48.9 Å². The molecule has 1 aromatic carbocycles. The van der Waals surface area contributed by atoms with E-state index in [4.69, 9.17) is 0 Å².